The molecule has 1 rings (SSSR count). The Hall–Kier alpha value is -1.22. The van der Waals surface area contributed by atoms with Gasteiger partial charge in [-0.1, -0.05) is 86.5 Å². The van der Waals surface area contributed by atoms with Crippen LogP contribution < -0.4 is 0 Å². The average molecular weight is 461 g/mol. The number of hydrogen-bond acceptors (Lipinski definition) is 3. The molecule has 1 N–H and O–H groups in total. The number of rotatable bonds is 17. The third kappa shape index (κ3) is 13.3. The summed E-state index contributed by atoms with van der Waals surface area (Å²) in [7, 11) is 0. The van der Waals surface area contributed by atoms with Gasteiger partial charge in [-0.2, -0.15) is 0 Å². The van der Waals surface area contributed by atoms with Gasteiger partial charge in [0.1, 0.15) is 0 Å². The molecule has 0 aliphatic heterocycles. The van der Waals surface area contributed by atoms with E-state index in [0.29, 0.717) is 17.4 Å². The largest absolute Gasteiger partial charge is 0.390 e. The number of aliphatic hydroxyl groups is 1. The van der Waals surface area contributed by atoms with Gasteiger partial charge in [0.15, 0.2) is 11.6 Å². The minimum absolute atomic E-state index is 0.0485. The van der Waals surface area contributed by atoms with Gasteiger partial charge in [0.05, 0.1) is 5.60 Å². The lowest BCUT2D eigenvalue weighted by atomic mass is 9.82. The highest BCUT2D eigenvalue weighted by Gasteiger charge is 2.25. The average Bonchev–Trinajstić information content (AvgIpc) is 2.68. The van der Waals surface area contributed by atoms with Crippen LogP contribution in [0.25, 0.3) is 0 Å². The number of ketones is 2. The molecule has 0 heterocycles. The fraction of sp³-hybridized carbons (Fsp3) is 0.800. The Kier molecular flexibility index (Phi) is 13.5. The Balaban J connectivity index is 2.26. The molecule has 0 fully saturated rings. The summed E-state index contributed by atoms with van der Waals surface area (Å²) >= 11 is 0. The molecule has 0 aromatic carbocycles. The fourth-order valence-corrected chi connectivity index (χ4v) is 5.43. The molecule has 5 unspecified atom stereocenters. The van der Waals surface area contributed by atoms with Crippen LogP contribution in [0.2, 0.25) is 0 Å². The van der Waals surface area contributed by atoms with Crippen LogP contribution in [0.1, 0.15) is 119 Å². The van der Waals surface area contributed by atoms with E-state index in [0.717, 1.165) is 37.5 Å². The summed E-state index contributed by atoms with van der Waals surface area (Å²) < 4.78 is 0. The van der Waals surface area contributed by atoms with E-state index < -0.39 is 5.60 Å². The Labute approximate surface area is 204 Å². The van der Waals surface area contributed by atoms with Crippen LogP contribution in [0.4, 0.5) is 0 Å². The second-order valence-electron chi connectivity index (χ2n) is 12.0. The molecule has 1 aliphatic rings. The van der Waals surface area contributed by atoms with E-state index in [9.17, 15) is 14.7 Å². The van der Waals surface area contributed by atoms with E-state index in [1.54, 1.807) is 0 Å². The molecule has 0 aromatic rings. The standard InChI is InChI=1S/C30H52O3/c1-22(2)11-8-12-23(3)13-9-14-24(4)19-25(5)21-30(7,33)18-10-15-26(6)28-20-27(31)16-17-29(28)32/h16-17,20,22-26,33H,8-15,18-19,21H2,1-7H3. The minimum Gasteiger partial charge on any atom is -0.390 e. The predicted octanol–water partition coefficient (Wildman–Crippen LogP) is 7.86. The van der Waals surface area contributed by atoms with Crippen molar-refractivity contribution in [1.82, 2.24) is 0 Å². The predicted molar refractivity (Wildman–Crippen MR) is 140 cm³/mol. The van der Waals surface area contributed by atoms with Gasteiger partial charge in [0.25, 0.3) is 0 Å². The van der Waals surface area contributed by atoms with E-state index in [1.165, 1.54) is 63.2 Å². The highest BCUT2D eigenvalue weighted by atomic mass is 16.3. The van der Waals surface area contributed by atoms with Crippen molar-refractivity contribution < 1.29 is 14.7 Å². The van der Waals surface area contributed by atoms with Crippen LogP contribution in [0.15, 0.2) is 23.8 Å². The van der Waals surface area contributed by atoms with Crippen LogP contribution in [-0.2, 0) is 9.59 Å². The molecule has 0 aromatic heterocycles. The summed E-state index contributed by atoms with van der Waals surface area (Å²) in [5.74, 6) is 2.75. The zero-order chi connectivity index (χ0) is 25.0. The van der Waals surface area contributed by atoms with Crippen molar-refractivity contribution in [3.63, 3.8) is 0 Å². The van der Waals surface area contributed by atoms with Crippen LogP contribution >= 0.6 is 0 Å². The molecule has 1 aliphatic carbocycles. The zero-order valence-electron chi connectivity index (χ0n) is 22.7. The van der Waals surface area contributed by atoms with Crippen LogP contribution in [-0.4, -0.2) is 22.3 Å². The van der Waals surface area contributed by atoms with Crippen LogP contribution in [0.3, 0.4) is 0 Å². The molecule has 0 spiro atoms. The van der Waals surface area contributed by atoms with E-state index in [4.69, 9.17) is 0 Å². The topological polar surface area (TPSA) is 54.4 Å². The Morgan fingerprint density at radius 3 is 2.03 bits per heavy atom. The highest BCUT2D eigenvalue weighted by Crippen LogP contribution is 2.30. The normalized spacial score (nSPS) is 19.8. The molecule has 0 saturated heterocycles. The third-order valence-corrected chi connectivity index (χ3v) is 7.33. The summed E-state index contributed by atoms with van der Waals surface area (Å²) in [5, 5.41) is 10.9. The first kappa shape index (κ1) is 29.8. The van der Waals surface area contributed by atoms with E-state index in [1.807, 2.05) is 13.8 Å². The molecular formula is C30H52O3. The van der Waals surface area contributed by atoms with Gasteiger partial charge in [-0.3, -0.25) is 9.59 Å². The monoisotopic (exact) mass is 460 g/mol. The van der Waals surface area contributed by atoms with Gasteiger partial charge in [-0.15, -0.1) is 0 Å². The molecular weight excluding hydrogens is 408 g/mol. The lowest BCUT2D eigenvalue weighted by Crippen LogP contribution is -2.27. The summed E-state index contributed by atoms with van der Waals surface area (Å²) in [5.41, 5.74) is -0.0663. The number of carbonyl (C=O) groups excluding carboxylic acids is 2. The molecule has 3 nitrogen and oxygen atoms in total. The quantitative estimate of drug-likeness (QED) is 0.225. The number of carbonyl (C=O) groups is 2. The molecule has 3 heteroatoms. The Morgan fingerprint density at radius 2 is 1.39 bits per heavy atom. The van der Waals surface area contributed by atoms with Crippen LogP contribution in [0.5, 0.6) is 0 Å². The van der Waals surface area contributed by atoms with Gasteiger partial charge in [0.2, 0.25) is 0 Å². The molecule has 0 bridgehead atoms. The summed E-state index contributed by atoms with van der Waals surface area (Å²) in [6.45, 7) is 15.6. The Bertz CT molecular complexity index is 655. The summed E-state index contributed by atoms with van der Waals surface area (Å²) in [4.78, 5) is 23.6. The van der Waals surface area contributed by atoms with Gasteiger partial charge in [0, 0.05) is 5.57 Å². The van der Waals surface area contributed by atoms with E-state index in [2.05, 4.69) is 34.6 Å². The van der Waals surface area contributed by atoms with Gasteiger partial charge in [-0.05, 0) is 80.4 Å². The maximum atomic E-state index is 12.0. The van der Waals surface area contributed by atoms with Crippen molar-refractivity contribution in [2.24, 2.45) is 29.6 Å². The Morgan fingerprint density at radius 1 is 0.788 bits per heavy atom. The van der Waals surface area contributed by atoms with Gasteiger partial charge in [-0.25, -0.2) is 0 Å². The first-order chi connectivity index (χ1) is 15.4. The zero-order valence-corrected chi connectivity index (χ0v) is 22.7. The van der Waals surface area contributed by atoms with Crippen molar-refractivity contribution in [3.8, 4) is 0 Å². The summed E-state index contributed by atoms with van der Waals surface area (Å²) in [6.07, 6.45) is 16.6. The van der Waals surface area contributed by atoms with Crippen molar-refractivity contribution >= 4 is 11.6 Å². The molecule has 0 amide bonds. The van der Waals surface area contributed by atoms with Gasteiger partial charge >= 0.3 is 0 Å². The molecule has 0 saturated carbocycles. The molecule has 33 heavy (non-hydrogen) atoms. The maximum absolute atomic E-state index is 12.0. The van der Waals surface area contributed by atoms with Crippen molar-refractivity contribution in [3.05, 3.63) is 23.8 Å². The lowest BCUT2D eigenvalue weighted by Gasteiger charge is -2.29. The maximum Gasteiger partial charge on any atom is 0.182 e. The molecule has 5 atom stereocenters. The molecule has 190 valence electrons. The van der Waals surface area contributed by atoms with Crippen molar-refractivity contribution in [1.29, 1.82) is 0 Å². The first-order valence-corrected chi connectivity index (χ1v) is 13.6. The van der Waals surface area contributed by atoms with E-state index in [-0.39, 0.29) is 17.5 Å². The lowest BCUT2D eigenvalue weighted by molar-refractivity contribution is -0.114. The molecule has 0 radical (unpaired) electrons. The third-order valence-electron chi connectivity index (χ3n) is 7.33. The SMILES string of the molecule is CC(C)CCCC(C)CCCC(C)CC(C)CC(C)(O)CCCC(C)C1=CC(=O)C=CC1=O. The second kappa shape index (κ2) is 14.9. The van der Waals surface area contributed by atoms with Gasteiger partial charge < -0.3 is 5.11 Å². The van der Waals surface area contributed by atoms with Crippen molar-refractivity contribution in [2.75, 3.05) is 0 Å². The van der Waals surface area contributed by atoms with Crippen LogP contribution in [0, 0.1) is 29.6 Å². The first-order valence-electron chi connectivity index (χ1n) is 13.6. The second-order valence-corrected chi connectivity index (χ2v) is 12.0. The van der Waals surface area contributed by atoms with Crippen molar-refractivity contribution in [2.45, 2.75) is 125 Å². The highest BCUT2D eigenvalue weighted by molar-refractivity contribution is 6.17. The number of hydrogen-bond donors (Lipinski definition) is 1. The smallest absolute Gasteiger partial charge is 0.182 e. The minimum atomic E-state index is -0.676. The fourth-order valence-electron chi connectivity index (χ4n) is 5.43. The summed E-state index contributed by atoms with van der Waals surface area (Å²) in [6, 6.07) is 0. The van der Waals surface area contributed by atoms with E-state index >= 15 is 0 Å². The number of allylic oxidation sites excluding steroid dienone is 4.